The van der Waals surface area contributed by atoms with Crippen molar-refractivity contribution in [2.45, 2.75) is 83.1 Å². The third-order valence-electron chi connectivity index (χ3n) is 7.07. The molecular formula is C28H37F2N3O3. The molecule has 0 radical (unpaired) electrons. The summed E-state index contributed by atoms with van der Waals surface area (Å²) in [6, 6.07) is 7.20. The number of benzene rings is 1. The van der Waals surface area contributed by atoms with E-state index in [-0.39, 0.29) is 35.8 Å². The van der Waals surface area contributed by atoms with E-state index >= 15 is 0 Å². The molecule has 1 saturated carbocycles. The summed E-state index contributed by atoms with van der Waals surface area (Å²) in [5.41, 5.74) is 2.72. The smallest absolute Gasteiger partial charge is 0.251 e. The first-order valence-electron chi connectivity index (χ1n) is 12.7. The predicted molar refractivity (Wildman–Crippen MR) is 134 cm³/mol. The second kappa shape index (κ2) is 10.8. The fraction of sp³-hybridized carbons (Fsp3) is 0.571. The number of carbonyl (C=O) groups is 1. The molecule has 1 fully saturated rings. The Bertz CT molecular complexity index is 1050. The van der Waals surface area contributed by atoms with Crippen molar-refractivity contribution < 1.29 is 23.4 Å². The number of aliphatic hydroxyl groups excluding tert-OH is 1. The van der Waals surface area contributed by atoms with Gasteiger partial charge in [-0.1, -0.05) is 32.9 Å². The Labute approximate surface area is 211 Å². The van der Waals surface area contributed by atoms with Crippen molar-refractivity contribution in [3.63, 3.8) is 0 Å². The summed E-state index contributed by atoms with van der Waals surface area (Å²) < 4.78 is 32.6. The van der Waals surface area contributed by atoms with Gasteiger partial charge < -0.3 is 20.5 Å². The summed E-state index contributed by atoms with van der Waals surface area (Å²) in [6.45, 7) is 5.57. The molecule has 0 saturated heterocycles. The van der Waals surface area contributed by atoms with Crippen molar-refractivity contribution in [1.29, 1.82) is 0 Å². The van der Waals surface area contributed by atoms with Crippen LogP contribution in [0.2, 0.25) is 0 Å². The number of alkyl halides is 1. The molecule has 0 unspecified atom stereocenters. The minimum absolute atomic E-state index is 0.0699. The zero-order chi connectivity index (χ0) is 25.9. The van der Waals surface area contributed by atoms with E-state index in [1.54, 1.807) is 12.1 Å². The number of rotatable bonds is 9. The molecule has 0 bridgehead atoms. The summed E-state index contributed by atoms with van der Waals surface area (Å²) in [4.78, 5) is 16.5. The van der Waals surface area contributed by atoms with Gasteiger partial charge in [-0.2, -0.15) is 0 Å². The highest BCUT2D eigenvalue weighted by molar-refractivity contribution is 5.77. The van der Waals surface area contributed by atoms with Crippen molar-refractivity contribution in [2.75, 3.05) is 13.2 Å². The summed E-state index contributed by atoms with van der Waals surface area (Å²) in [6.07, 6.45) is 5.85. The normalized spacial score (nSPS) is 20.1. The molecule has 1 aromatic carbocycles. The Morgan fingerprint density at radius 1 is 1.25 bits per heavy atom. The lowest BCUT2D eigenvalue weighted by Gasteiger charge is -2.47. The van der Waals surface area contributed by atoms with E-state index in [2.05, 4.69) is 42.5 Å². The van der Waals surface area contributed by atoms with Crippen LogP contribution in [-0.4, -0.2) is 47.0 Å². The predicted octanol–water partition coefficient (Wildman–Crippen LogP) is 4.20. The summed E-state index contributed by atoms with van der Waals surface area (Å²) in [5.74, 6) is -0.519. The van der Waals surface area contributed by atoms with Crippen LogP contribution in [0.15, 0.2) is 36.5 Å². The topological polar surface area (TPSA) is 83.5 Å². The molecule has 1 aliphatic carbocycles. The molecule has 2 heterocycles. The van der Waals surface area contributed by atoms with E-state index in [0.29, 0.717) is 5.88 Å². The number of ether oxygens (including phenoxy) is 1. The average molecular weight is 502 g/mol. The van der Waals surface area contributed by atoms with Crippen LogP contribution in [0.25, 0.3) is 0 Å². The standard InChI is InChI=1S/C28H37F2N3O3/c1-27(2,3)13-19-11-21-23(14-28(9-4-10-28)36-26(21)32-16-19)31-17-24(34)22(33-25(35)15-29)12-18-5-7-20(30)8-6-18/h5-8,11,16,22-24,31,34H,4,9-10,12-15,17H2,1-3H3,(H,33,35)/t22-,23-,24+/m0/s1. The first kappa shape index (κ1) is 26.5. The molecule has 2 aliphatic rings. The van der Waals surface area contributed by atoms with Crippen LogP contribution in [0.3, 0.4) is 0 Å². The van der Waals surface area contributed by atoms with Gasteiger partial charge in [0.15, 0.2) is 6.67 Å². The number of hydrogen-bond donors (Lipinski definition) is 3. The van der Waals surface area contributed by atoms with Gasteiger partial charge in [-0.15, -0.1) is 0 Å². The zero-order valence-corrected chi connectivity index (χ0v) is 21.3. The molecule has 36 heavy (non-hydrogen) atoms. The van der Waals surface area contributed by atoms with Crippen LogP contribution in [0.5, 0.6) is 5.88 Å². The second-order valence-corrected chi connectivity index (χ2v) is 11.5. The molecule has 1 aromatic heterocycles. The number of amides is 1. The monoisotopic (exact) mass is 501 g/mol. The number of nitrogens with zero attached hydrogens (tertiary/aromatic N) is 1. The van der Waals surface area contributed by atoms with Crippen LogP contribution in [-0.2, 0) is 17.6 Å². The van der Waals surface area contributed by atoms with Gasteiger partial charge in [0, 0.05) is 30.8 Å². The third-order valence-corrected chi connectivity index (χ3v) is 7.07. The number of nitrogens with one attached hydrogen (secondary N) is 2. The van der Waals surface area contributed by atoms with Crippen LogP contribution in [0, 0.1) is 11.2 Å². The third kappa shape index (κ3) is 6.59. The summed E-state index contributed by atoms with van der Waals surface area (Å²) >= 11 is 0. The first-order valence-corrected chi connectivity index (χ1v) is 12.7. The maximum absolute atomic E-state index is 13.3. The van der Waals surface area contributed by atoms with Crippen molar-refractivity contribution in [1.82, 2.24) is 15.6 Å². The van der Waals surface area contributed by atoms with Gasteiger partial charge in [0.1, 0.15) is 11.4 Å². The molecule has 1 spiro atoms. The Balaban J connectivity index is 1.50. The van der Waals surface area contributed by atoms with Gasteiger partial charge in [-0.25, -0.2) is 13.8 Å². The molecular weight excluding hydrogens is 464 g/mol. The lowest BCUT2D eigenvalue weighted by Crippen LogP contribution is -2.52. The quantitative estimate of drug-likeness (QED) is 0.480. The van der Waals surface area contributed by atoms with Gasteiger partial charge >= 0.3 is 0 Å². The number of aliphatic hydroxyl groups is 1. The molecule has 2 aromatic rings. The summed E-state index contributed by atoms with van der Waals surface area (Å²) in [5, 5.41) is 17.1. The zero-order valence-electron chi connectivity index (χ0n) is 21.3. The van der Waals surface area contributed by atoms with Crippen molar-refractivity contribution in [3.05, 3.63) is 59.0 Å². The highest BCUT2D eigenvalue weighted by atomic mass is 19.1. The van der Waals surface area contributed by atoms with Gasteiger partial charge in [0.05, 0.1) is 12.1 Å². The fourth-order valence-electron chi connectivity index (χ4n) is 5.16. The second-order valence-electron chi connectivity index (χ2n) is 11.5. The summed E-state index contributed by atoms with van der Waals surface area (Å²) in [7, 11) is 0. The number of aromatic nitrogens is 1. The minimum Gasteiger partial charge on any atom is -0.471 e. The van der Waals surface area contributed by atoms with Crippen LogP contribution < -0.4 is 15.4 Å². The molecule has 3 atom stereocenters. The highest BCUT2D eigenvalue weighted by Crippen LogP contribution is 2.48. The molecule has 4 rings (SSSR count). The molecule has 196 valence electrons. The number of pyridine rings is 1. The van der Waals surface area contributed by atoms with Gasteiger partial charge in [-0.3, -0.25) is 4.79 Å². The van der Waals surface area contributed by atoms with Crippen molar-refractivity contribution >= 4 is 5.91 Å². The van der Waals surface area contributed by atoms with Crippen molar-refractivity contribution in [3.8, 4) is 5.88 Å². The van der Waals surface area contributed by atoms with Crippen LogP contribution >= 0.6 is 0 Å². The lowest BCUT2D eigenvalue weighted by molar-refractivity contribution is -0.123. The van der Waals surface area contributed by atoms with Crippen molar-refractivity contribution in [2.24, 2.45) is 5.41 Å². The van der Waals surface area contributed by atoms with E-state index in [4.69, 9.17) is 4.74 Å². The number of carbonyl (C=O) groups excluding carboxylic acids is 1. The molecule has 3 N–H and O–H groups in total. The Morgan fingerprint density at radius 2 is 1.97 bits per heavy atom. The van der Waals surface area contributed by atoms with Gasteiger partial charge in [-0.05, 0) is 66.8 Å². The SMILES string of the molecule is CC(C)(C)Cc1cnc2c(c1)[C@@H](NC[C@@H](O)[C@H](Cc1ccc(F)cc1)NC(=O)CF)CC1(CCC1)O2. The first-order chi connectivity index (χ1) is 17.1. The van der Waals surface area contributed by atoms with Crippen LogP contribution in [0.1, 0.15) is 69.2 Å². The Morgan fingerprint density at radius 3 is 2.58 bits per heavy atom. The lowest BCUT2D eigenvalue weighted by atomic mass is 9.73. The average Bonchev–Trinajstić information content (AvgIpc) is 2.81. The van der Waals surface area contributed by atoms with E-state index in [0.717, 1.165) is 48.8 Å². The number of fused-ring (bicyclic) bond motifs is 1. The highest BCUT2D eigenvalue weighted by Gasteiger charge is 2.46. The molecule has 1 aliphatic heterocycles. The van der Waals surface area contributed by atoms with E-state index in [9.17, 15) is 18.7 Å². The number of halogens is 2. The van der Waals surface area contributed by atoms with Gasteiger partial charge in [0.25, 0.3) is 5.91 Å². The maximum atomic E-state index is 13.3. The minimum atomic E-state index is -1.17. The van der Waals surface area contributed by atoms with Crippen LogP contribution in [0.4, 0.5) is 8.78 Å². The molecule has 6 nitrogen and oxygen atoms in total. The van der Waals surface area contributed by atoms with E-state index < -0.39 is 24.7 Å². The van der Waals surface area contributed by atoms with E-state index in [1.165, 1.54) is 12.1 Å². The fourth-order valence-corrected chi connectivity index (χ4v) is 5.16. The van der Waals surface area contributed by atoms with Gasteiger partial charge in [0.2, 0.25) is 5.88 Å². The Kier molecular flexibility index (Phi) is 7.95. The Hall–Kier alpha value is -2.58. The molecule has 8 heteroatoms. The largest absolute Gasteiger partial charge is 0.471 e. The number of hydrogen-bond acceptors (Lipinski definition) is 5. The molecule has 1 amide bonds. The maximum Gasteiger partial charge on any atom is 0.251 e. The van der Waals surface area contributed by atoms with E-state index in [1.807, 2.05) is 6.20 Å².